The first kappa shape index (κ1) is 14.8. The van der Waals surface area contributed by atoms with Gasteiger partial charge in [-0.25, -0.2) is 0 Å². The SMILES string of the molecule is CCCCC(O)C(CN)c1ccc(Cl)cc1Cl. The number of rotatable bonds is 6. The fourth-order valence-corrected chi connectivity index (χ4v) is 2.46. The second-order valence-corrected chi connectivity index (χ2v) is 5.06. The normalized spacial score (nSPS) is 14.6. The van der Waals surface area contributed by atoms with Gasteiger partial charge < -0.3 is 10.8 Å². The third-order valence-corrected chi connectivity index (χ3v) is 3.50. The van der Waals surface area contributed by atoms with E-state index in [4.69, 9.17) is 28.9 Å². The van der Waals surface area contributed by atoms with Gasteiger partial charge in [-0.1, -0.05) is 49.0 Å². The lowest BCUT2D eigenvalue weighted by atomic mass is 9.90. The molecule has 0 radical (unpaired) electrons. The van der Waals surface area contributed by atoms with Gasteiger partial charge >= 0.3 is 0 Å². The number of benzene rings is 1. The monoisotopic (exact) mass is 275 g/mol. The maximum atomic E-state index is 10.1. The first-order chi connectivity index (χ1) is 8.10. The van der Waals surface area contributed by atoms with E-state index >= 15 is 0 Å². The van der Waals surface area contributed by atoms with Crippen molar-refractivity contribution in [3.8, 4) is 0 Å². The van der Waals surface area contributed by atoms with Crippen LogP contribution in [0.5, 0.6) is 0 Å². The smallest absolute Gasteiger partial charge is 0.0621 e. The molecule has 0 aliphatic heterocycles. The van der Waals surface area contributed by atoms with Crippen LogP contribution in [0.2, 0.25) is 10.0 Å². The zero-order chi connectivity index (χ0) is 12.8. The second-order valence-electron chi connectivity index (χ2n) is 4.22. The van der Waals surface area contributed by atoms with Gasteiger partial charge in [-0.3, -0.25) is 0 Å². The van der Waals surface area contributed by atoms with Crippen molar-refractivity contribution in [1.29, 1.82) is 0 Å². The van der Waals surface area contributed by atoms with Gasteiger partial charge in [0.25, 0.3) is 0 Å². The van der Waals surface area contributed by atoms with E-state index in [1.54, 1.807) is 12.1 Å². The highest BCUT2D eigenvalue weighted by Crippen LogP contribution is 2.30. The molecule has 1 rings (SSSR count). The molecule has 0 heterocycles. The van der Waals surface area contributed by atoms with Gasteiger partial charge in [-0.2, -0.15) is 0 Å². The molecule has 0 amide bonds. The third kappa shape index (κ3) is 4.14. The number of nitrogens with two attached hydrogens (primary N) is 1. The second kappa shape index (κ2) is 7.22. The molecule has 0 bridgehead atoms. The predicted molar refractivity (Wildman–Crippen MR) is 73.8 cm³/mol. The maximum Gasteiger partial charge on any atom is 0.0621 e. The van der Waals surface area contributed by atoms with Crippen LogP contribution in [-0.4, -0.2) is 17.8 Å². The molecule has 17 heavy (non-hydrogen) atoms. The lowest BCUT2D eigenvalue weighted by molar-refractivity contribution is 0.133. The maximum absolute atomic E-state index is 10.1. The summed E-state index contributed by atoms with van der Waals surface area (Å²) in [5.41, 5.74) is 6.61. The van der Waals surface area contributed by atoms with Crippen molar-refractivity contribution in [2.24, 2.45) is 5.73 Å². The third-order valence-electron chi connectivity index (χ3n) is 2.93. The van der Waals surface area contributed by atoms with Crippen LogP contribution in [0.15, 0.2) is 18.2 Å². The Morgan fingerprint density at radius 1 is 1.35 bits per heavy atom. The molecule has 0 aliphatic carbocycles. The van der Waals surface area contributed by atoms with E-state index in [0.717, 1.165) is 24.8 Å². The van der Waals surface area contributed by atoms with Crippen LogP contribution in [0.25, 0.3) is 0 Å². The highest BCUT2D eigenvalue weighted by molar-refractivity contribution is 6.35. The molecular weight excluding hydrogens is 257 g/mol. The van der Waals surface area contributed by atoms with Gasteiger partial charge in [-0.15, -0.1) is 0 Å². The predicted octanol–water partition coefficient (Wildman–Crippen LogP) is 3.59. The number of aliphatic hydroxyl groups is 1. The molecule has 0 saturated carbocycles. The van der Waals surface area contributed by atoms with Crippen LogP contribution in [-0.2, 0) is 0 Å². The summed E-state index contributed by atoms with van der Waals surface area (Å²) in [6.07, 6.45) is 2.35. The minimum atomic E-state index is -0.446. The summed E-state index contributed by atoms with van der Waals surface area (Å²) in [6, 6.07) is 5.31. The minimum Gasteiger partial charge on any atom is -0.392 e. The van der Waals surface area contributed by atoms with Crippen LogP contribution >= 0.6 is 23.2 Å². The Morgan fingerprint density at radius 2 is 2.06 bits per heavy atom. The van der Waals surface area contributed by atoms with Crippen molar-refractivity contribution in [3.05, 3.63) is 33.8 Å². The topological polar surface area (TPSA) is 46.2 Å². The van der Waals surface area contributed by atoms with E-state index in [2.05, 4.69) is 6.92 Å². The molecule has 2 atom stereocenters. The number of aliphatic hydroxyl groups excluding tert-OH is 1. The van der Waals surface area contributed by atoms with E-state index in [9.17, 15) is 5.11 Å². The molecule has 2 unspecified atom stereocenters. The summed E-state index contributed by atoms with van der Waals surface area (Å²) in [5, 5.41) is 11.3. The van der Waals surface area contributed by atoms with Crippen LogP contribution in [0, 0.1) is 0 Å². The Morgan fingerprint density at radius 3 is 2.59 bits per heavy atom. The highest BCUT2D eigenvalue weighted by Gasteiger charge is 2.21. The van der Waals surface area contributed by atoms with Gasteiger partial charge in [0.2, 0.25) is 0 Å². The fraction of sp³-hybridized carbons (Fsp3) is 0.538. The van der Waals surface area contributed by atoms with Crippen molar-refractivity contribution in [1.82, 2.24) is 0 Å². The highest BCUT2D eigenvalue weighted by atomic mass is 35.5. The molecule has 0 fully saturated rings. The van der Waals surface area contributed by atoms with Crippen molar-refractivity contribution in [2.45, 2.75) is 38.2 Å². The Labute approximate surface area is 113 Å². The van der Waals surface area contributed by atoms with Crippen molar-refractivity contribution in [3.63, 3.8) is 0 Å². The molecule has 3 N–H and O–H groups in total. The van der Waals surface area contributed by atoms with Crippen LogP contribution < -0.4 is 5.73 Å². The first-order valence-corrected chi connectivity index (χ1v) is 6.68. The Bertz CT molecular complexity index is 357. The molecule has 0 saturated heterocycles. The summed E-state index contributed by atoms with van der Waals surface area (Å²) < 4.78 is 0. The number of hydrogen-bond acceptors (Lipinski definition) is 2. The van der Waals surface area contributed by atoms with Crippen molar-refractivity contribution >= 4 is 23.2 Å². The van der Waals surface area contributed by atoms with Crippen molar-refractivity contribution in [2.75, 3.05) is 6.54 Å². The average molecular weight is 276 g/mol. The minimum absolute atomic E-state index is 0.119. The summed E-state index contributed by atoms with van der Waals surface area (Å²) >= 11 is 12.0. The van der Waals surface area contributed by atoms with E-state index < -0.39 is 6.10 Å². The summed E-state index contributed by atoms with van der Waals surface area (Å²) in [7, 11) is 0. The van der Waals surface area contributed by atoms with Gasteiger partial charge in [0.1, 0.15) is 0 Å². The van der Waals surface area contributed by atoms with Crippen LogP contribution in [0.4, 0.5) is 0 Å². The summed E-state index contributed by atoms with van der Waals surface area (Å²) in [4.78, 5) is 0. The lowest BCUT2D eigenvalue weighted by Gasteiger charge is -2.22. The first-order valence-electron chi connectivity index (χ1n) is 5.93. The zero-order valence-corrected chi connectivity index (χ0v) is 11.5. The van der Waals surface area contributed by atoms with E-state index in [0.29, 0.717) is 16.6 Å². The number of hydrogen-bond donors (Lipinski definition) is 2. The number of unbranched alkanes of at least 4 members (excludes halogenated alkanes) is 1. The van der Waals surface area contributed by atoms with E-state index in [-0.39, 0.29) is 5.92 Å². The molecular formula is C13H19Cl2NO. The molecule has 0 spiro atoms. The van der Waals surface area contributed by atoms with Crippen LogP contribution in [0.1, 0.15) is 37.7 Å². The van der Waals surface area contributed by atoms with Gasteiger partial charge in [0, 0.05) is 22.5 Å². The van der Waals surface area contributed by atoms with Gasteiger partial charge in [0.15, 0.2) is 0 Å². The number of halogens is 2. The molecule has 0 aliphatic rings. The van der Waals surface area contributed by atoms with Crippen molar-refractivity contribution < 1.29 is 5.11 Å². The molecule has 96 valence electrons. The van der Waals surface area contributed by atoms with Gasteiger partial charge in [0.05, 0.1) is 6.10 Å². The van der Waals surface area contributed by atoms with E-state index in [1.165, 1.54) is 0 Å². The largest absolute Gasteiger partial charge is 0.392 e. The quantitative estimate of drug-likeness (QED) is 0.834. The molecule has 1 aromatic carbocycles. The summed E-state index contributed by atoms with van der Waals surface area (Å²) in [5.74, 6) is -0.119. The van der Waals surface area contributed by atoms with Crippen LogP contribution in [0.3, 0.4) is 0 Å². The zero-order valence-electron chi connectivity index (χ0n) is 10.00. The van der Waals surface area contributed by atoms with E-state index in [1.807, 2.05) is 6.07 Å². The molecule has 2 nitrogen and oxygen atoms in total. The summed E-state index contributed by atoms with van der Waals surface area (Å²) in [6.45, 7) is 2.48. The Hall–Kier alpha value is -0.280. The van der Waals surface area contributed by atoms with Gasteiger partial charge in [-0.05, 0) is 24.1 Å². The Kier molecular flexibility index (Phi) is 6.28. The molecule has 1 aromatic rings. The standard InChI is InChI=1S/C13H19Cl2NO/c1-2-3-4-13(17)11(8-16)10-6-5-9(14)7-12(10)15/h5-7,11,13,17H,2-4,8,16H2,1H3. The fourth-order valence-electron chi connectivity index (χ4n) is 1.91. The molecule has 0 aromatic heterocycles. The lowest BCUT2D eigenvalue weighted by Crippen LogP contribution is -2.26. The average Bonchev–Trinajstić information content (AvgIpc) is 2.30. The Balaban J connectivity index is 2.85. The molecule has 4 heteroatoms.